The first-order valence-corrected chi connectivity index (χ1v) is 8.65. The van der Waals surface area contributed by atoms with Crippen LogP contribution in [0.25, 0.3) is 0 Å². The molecule has 0 aromatic heterocycles. The molecule has 0 saturated carbocycles. The summed E-state index contributed by atoms with van der Waals surface area (Å²) in [6.45, 7) is 2.74. The molecule has 0 heterocycles. The Morgan fingerprint density at radius 2 is 2.24 bits per heavy atom. The zero-order valence-electron chi connectivity index (χ0n) is 12.3. The van der Waals surface area contributed by atoms with Crippen molar-refractivity contribution in [2.75, 3.05) is 18.0 Å². The van der Waals surface area contributed by atoms with Crippen molar-refractivity contribution in [1.82, 2.24) is 4.90 Å². The van der Waals surface area contributed by atoms with Crippen LogP contribution in [0.2, 0.25) is 5.02 Å². The van der Waals surface area contributed by atoms with E-state index in [1.54, 1.807) is 12.1 Å². The van der Waals surface area contributed by atoms with Gasteiger partial charge in [0.15, 0.2) is 0 Å². The molecule has 0 aliphatic heterocycles. The van der Waals surface area contributed by atoms with Crippen LogP contribution in [0.3, 0.4) is 0 Å². The number of anilines is 1. The maximum atomic E-state index is 12.4. The standard InChI is InChI=1S/C16H21ClN2OS/c1-2-19(13-6-4-3-5-7-13)16(20)11-21-15-9-8-12(18)10-14(15)17/h6,8-10H,2-5,7,11,18H2,1H3. The lowest BCUT2D eigenvalue weighted by atomic mass is 10.0. The Bertz CT molecular complexity index is 545. The number of amides is 1. The van der Waals surface area contributed by atoms with E-state index in [0.717, 1.165) is 24.3 Å². The number of nitrogen functional groups attached to an aromatic ring is 1. The van der Waals surface area contributed by atoms with Crippen LogP contribution >= 0.6 is 23.4 Å². The van der Waals surface area contributed by atoms with Gasteiger partial charge in [-0.15, -0.1) is 11.8 Å². The molecule has 2 N–H and O–H groups in total. The number of benzene rings is 1. The van der Waals surface area contributed by atoms with Crippen LogP contribution < -0.4 is 5.73 Å². The van der Waals surface area contributed by atoms with E-state index in [1.807, 2.05) is 17.9 Å². The summed E-state index contributed by atoms with van der Waals surface area (Å²) < 4.78 is 0. The monoisotopic (exact) mass is 324 g/mol. The molecule has 1 aromatic rings. The van der Waals surface area contributed by atoms with Crippen LogP contribution in [0.1, 0.15) is 32.6 Å². The highest BCUT2D eigenvalue weighted by Crippen LogP contribution is 2.29. The highest BCUT2D eigenvalue weighted by Gasteiger charge is 2.18. The lowest BCUT2D eigenvalue weighted by Gasteiger charge is -2.26. The molecule has 1 aliphatic rings. The molecule has 114 valence electrons. The first kappa shape index (κ1) is 16.2. The maximum absolute atomic E-state index is 12.4. The van der Waals surface area contributed by atoms with Gasteiger partial charge in [0, 0.05) is 22.8 Å². The van der Waals surface area contributed by atoms with Crippen molar-refractivity contribution in [1.29, 1.82) is 0 Å². The summed E-state index contributed by atoms with van der Waals surface area (Å²) in [5.41, 5.74) is 7.49. The topological polar surface area (TPSA) is 46.3 Å². The second-order valence-electron chi connectivity index (χ2n) is 5.06. The molecular weight excluding hydrogens is 304 g/mol. The molecule has 0 radical (unpaired) electrons. The van der Waals surface area contributed by atoms with Gasteiger partial charge in [-0.1, -0.05) is 17.7 Å². The Hall–Kier alpha value is -1.13. The zero-order chi connectivity index (χ0) is 15.2. The minimum Gasteiger partial charge on any atom is -0.399 e. The molecule has 1 amide bonds. The molecular formula is C16H21ClN2OS. The summed E-state index contributed by atoms with van der Waals surface area (Å²) in [5, 5.41) is 0.604. The molecule has 0 spiro atoms. The van der Waals surface area contributed by atoms with E-state index in [2.05, 4.69) is 6.08 Å². The molecule has 0 bridgehead atoms. The third-order valence-corrected chi connectivity index (χ3v) is 5.02. The highest BCUT2D eigenvalue weighted by atomic mass is 35.5. The molecule has 5 heteroatoms. The van der Waals surface area contributed by atoms with E-state index >= 15 is 0 Å². The van der Waals surface area contributed by atoms with Gasteiger partial charge in [0.25, 0.3) is 0 Å². The summed E-state index contributed by atoms with van der Waals surface area (Å²) in [5.74, 6) is 0.540. The van der Waals surface area contributed by atoms with Crippen LogP contribution in [0.4, 0.5) is 5.69 Å². The van der Waals surface area contributed by atoms with Gasteiger partial charge in [-0.05, 0) is 50.8 Å². The van der Waals surface area contributed by atoms with Crippen molar-refractivity contribution in [3.63, 3.8) is 0 Å². The van der Waals surface area contributed by atoms with Crippen molar-refractivity contribution in [3.8, 4) is 0 Å². The summed E-state index contributed by atoms with van der Waals surface area (Å²) in [6, 6.07) is 5.39. The van der Waals surface area contributed by atoms with Crippen molar-refractivity contribution < 1.29 is 4.79 Å². The van der Waals surface area contributed by atoms with Crippen LogP contribution in [-0.2, 0) is 4.79 Å². The Labute approximate surface area is 135 Å². The first-order valence-electron chi connectivity index (χ1n) is 7.29. The fraction of sp³-hybridized carbons (Fsp3) is 0.438. The second kappa shape index (κ2) is 7.76. The predicted octanol–water partition coefficient (Wildman–Crippen LogP) is 4.32. The Morgan fingerprint density at radius 3 is 2.86 bits per heavy atom. The predicted molar refractivity (Wildman–Crippen MR) is 90.5 cm³/mol. The van der Waals surface area contributed by atoms with Crippen LogP contribution in [-0.4, -0.2) is 23.1 Å². The summed E-state index contributed by atoms with van der Waals surface area (Å²) in [7, 11) is 0. The smallest absolute Gasteiger partial charge is 0.237 e. The van der Waals surface area contributed by atoms with Crippen molar-refractivity contribution in [2.45, 2.75) is 37.5 Å². The van der Waals surface area contributed by atoms with Gasteiger partial charge in [-0.3, -0.25) is 4.79 Å². The van der Waals surface area contributed by atoms with E-state index in [0.29, 0.717) is 16.5 Å². The summed E-state index contributed by atoms with van der Waals surface area (Å²) in [6.07, 6.45) is 6.69. The van der Waals surface area contributed by atoms with Gasteiger partial charge in [-0.2, -0.15) is 0 Å². The molecule has 1 aromatic carbocycles. The molecule has 0 fully saturated rings. The van der Waals surface area contributed by atoms with Crippen molar-refractivity contribution >= 4 is 35.0 Å². The minimum atomic E-state index is 0.142. The lowest BCUT2D eigenvalue weighted by Crippen LogP contribution is -2.32. The number of halogens is 1. The molecule has 21 heavy (non-hydrogen) atoms. The Balaban J connectivity index is 1.97. The Kier molecular flexibility index (Phi) is 6.00. The SMILES string of the molecule is CCN(C(=O)CSc1ccc(N)cc1Cl)C1=CCCCC1. The maximum Gasteiger partial charge on any atom is 0.237 e. The van der Waals surface area contributed by atoms with Gasteiger partial charge in [0.2, 0.25) is 5.91 Å². The molecule has 3 nitrogen and oxygen atoms in total. The first-order chi connectivity index (χ1) is 10.1. The number of hydrogen-bond acceptors (Lipinski definition) is 3. The lowest BCUT2D eigenvalue weighted by molar-refractivity contribution is -0.126. The van der Waals surface area contributed by atoms with Gasteiger partial charge < -0.3 is 10.6 Å². The van der Waals surface area contributed by atoms with Crippen molar-refractivity contribution in [3.05, 3.63) is 35.0 Å². The number of nitrogens with two attached hydrogens (primary N) is 1. The highest BCUT2D eigenvalue weighted by molar-refractivity contribution is 8.00. The van der Waals surface area contributed by atoms with Gasteiger partial charge in [0.05, 0.1) is 10.8 Å². The molecule has 0 atom stereocenters. The molecule has 0 saturated heterocycles. The zero-order valence-corrected chi connectivity index (χ0v) is 13.8. The average Bonchev–Trinajstić information content (AvgIpc) is 2.48. The van der Waals surface area contributed by atoms with Gasteiger partial charge >= 0.3 is 0 Å². The van der Waals surface area contributed by atoms with E-state index in [-0.39, 0.29) is 5.91 Å². The number of nitrogens with zero attached hydrogens (tertiary/aromatic N) is 1. The van der Waals surface area contributed by atoms with Crippen molar-refractivity contribution in [2.24, 2.45) is 0 Å². The number of allylic oxidation sites excluding steroid dienone is 2. The molecule has 2 rings (SSSR count). The minimum absolute atomic E-state index is 0.142. The fourth-order valence-electron chi connectivity index (χ4n) is 2.46. The summed E-state index contributed by atoms with van der Waals surface area (Å²) >= 11 is 7.60. The number of rotatable bonds is 5. The van der Waals surface area contributed by atoms with E-state index in [9.17, 15) is 4.79 Å². The number of carbonyl (C=O) groups is 1. The van der Waals surface area contributed by atoms with Crippen LogP contribution in [0.15, 0.2) is 34.9 Å². The number of thioether (sulfide) groups is 1. The average molecular weight is 325 g/mol. The van der Waals surface area contributed by atoms with Gasteiger partial charge in [0.1, 0.15) is 0 Å². The normalized spacial score (nSPS) is 14.7. The fourth-order valence-corrected chi connectivity index (χ4v) is 3.61. The Morgan fingerprint density at radius 1 is 1.43 bits per heavy atom. The quantitative estimate of drug-likeness (QED) is 0.648. The van der Waals surface area contributed by atoms with Gasteiger partial charge in [-0.25, -0.2) is 0 Å². The van der Waals surface area contributed by atoms with Crippen LogP contribution in [0, 0.1) is 0 Å². The van der Waals surface area contributed by atoms with E-state index < -0.39 is 0 Å². The van der Waals surface area contributed by atoms with E-state index in [1.165, 1.54) is 30.3 Å². The molecule has 1 aliphatic carbocycles. The van der Waals surface area contributed by atoms with Crippen LogP contribution in [0.5, 0.6) is 0 Å². The molecule has 0 unspecified atom stereocenters. The van der Waals surface area contributed by atoms with E-state index in [4.69, 9.17) is 17.3 Å². The number of hydrogen-bond donors (Lipinski definition) is 1. The number of carbonyl (C=O) groups excluding carboxylic acids is 1. The second-order valence-corrected chi connectivity index (χ2v) is 6.48. The third-order valence-electron chi connectivity index (χ3n) is 3.54. The summed E-state index contributed by atoms with van der Waals surface area (Å²) in [4.78, 5) is 15.2. The largest absolute Gasteiger partial charge is 0.399 e. The third kappa shape index (κ3) is 4.42.